The Morgan fingerprint density at radius 2 is 2.08 bits per heavy atom. The van der Waals surface area contributed by atoms with E-state index < -0.39 is 0 Å². The van der Waals surface area contributed by atoms with Crippen molar-refractivity contribution in [3.63, 3.8) is 0 Å². The first-order valence-electron chi connectivity index (χ1n) is 8.95. The minimum atomic E-state index is 0.00317. The summed E-state index contributed by atoms with van der Waals surface area (Å²) in [5.41, 5.74) is 1.24. The van der Waals surface area contributed by atoms with Gasteiger partial charge in [-0.2, -0.15) is 10.4 Å². The predicted molar refractivity (Wildman–Crippen MR) is 101 cm³/mol. The van der Waals surface area contributed by atoms with Crippen LogP contribution in [0.2, 0.25) is 0 Å². The van der Waals surface area contributed by atoms with Gasteiger partial charge in [0, 0.05) is 12.5 Å². The van der Waals surface area contributed by atoms with Gasteiger partial charge in [-0.3, -0.25) is 9.47 Å². The molecule has 0 amide bonds. The lowest BCUT2D eigenvalue weighted by molar-refractivity contribution is 0.201. The van der Waals surface area contributed by atoms with E-state index in [-0.39, 0.29) is 5.92 Å². The van der Waals surface area contributed by atoms with Crippen molar-refractivity contribution in [2.75, 3.05) is 13.1 Å². The average molecular weight is 356 g/mol. The molecular formula is C19H25N5S. The van der Waals surface area contributed by atoms with Crippen molar-refractivity contribution < 1.29 is 0 Å². The lowest BCUT2D eigenvalue weighted by Crippen LogP contribution is -2.31. The summed E-state index contributed by atoms with van der Waals surface area (Å²) in [5.74, 6) is 1.65. The van der Waals surface area contributed by atoms with Crippen molar-refractivity contribution in [1.82, 2.24) is 19.2 Å². The Bertz CT molecular complexity index is 797. The molecule has 1 heterocycles. The highest BCUT2D eigenvalue weighted by Crippen LogP contribution is 2.39. The first-order chi connectivity index (χ1) is 12.1. The molecule has 1 fully saturated rings. The van der Waals surface area contributed by atoms with E-state index in [1.807, 2.05) is 17.7 Å². The zero-order valence-electron chi connectivity index (χ0n) is 14.9. The van der Waals surface area contributed by atoms with Gasteiger partial charge in [0.15, 0.2) is 4.77 Å². The van der Waals surface area contributed by atoms with Crippen LogP contribution in [0.4, 0.5) is 0 Å². The molecule has 2 aromatic rings. The van der Waals surface area contributed by atoms with Crippen molar-refractivity contribution in [3.8, 4) is 6.07 Å². The predicted octanol–water partition coefficient (Wildman–Crippen LogP) is 3.78. The molecular weight excluding hydrogens is 330 g/mol. The van der Waals surface area contributed by atoms with Crippen molar-refractivity contribution in [1.29, 1.82) is 5.26 Å². The lowest BCUT2D eigenvalue weighted by atomic mass is 10.2. The van der Waals surface area contributed by atoms with E-state index in [2.05, 4.69) is 46.7 Å². The van der Waals surface area contributed by atoms with Gasteiger partial charge in [-0.1, -0.05) is 37.3 Å². The third-order valence-electron chi connectivity index (χ3n) is 4.61. The first kappa shape index (κ1) is 17.8. The Morgan fingerprint density at radius 3 is 2.68 bits per heavy atom. The molecule has 1 atom stereocenters. The standard InChI is InChI=1S/C19H25N5S/c1-3-22(12-15(2)11-20)14-24-19(25)23(18(21-24)17-9-10-17)13-16-7-5-4-6-8-16/h4-8,15,17H,3,9-10,12-14H2,1-2H3. The fourth-order valence-electron chi connectivity index (χ4n) is 3.01. The van der Waals surface area contributed by atoms with Crippen LogP contribution in [0.1, 0.15) is 44.0 Å². The molecule has 25 heavy (non-hydrogen) atoms. The van der Waals surface area contributed by atoms with E-state index in [9.17, 15) is 0 Å². The fourth-order valence-corrected chi connectivity index (χ4v) is 3.27. The summed E-state index contributed by atoms with van der Waals surface area (Å²) >= 11 is 5.74. The molecule has 132 valence electrons. The number of hydrogen-bond donors (Lipinski definition) is 0. The molecule has 1 aliphatic carbocycles. The van der Waals surface area contributed by atoms with Crippen LogP contribution in [0.25, 0.3) is 0 Å². The van der Waals surface area contributed by atoms with Gasteiger partial charge in [0.25, 0.3) is 0 Å². The number of rotatable bonds is 8. The van der Waals surface area contributed by atoms with Crippen LogP contribution in [-0.2, 0) is 13.2 Å². The molecule has 1 aliphatic rings. The van der Waals surface area contributed by atoms with Gasteiger partial charge in [0.1, 0.15) is 5.82 Å². The van der Waals surface area contributed by atoms with Crippen LogP contribution in [0.5, 0.6) is 0 Å². The molecule has 5 nitrogen and oxygen atoms in total. The van der Waals surface area contributed by atoms with Crippen molar-refractivity contribution in [3.05, 3.63) is 46.5 Å². The molecule has 0 radical (unpaired) electrons. The van der Waals surface area contributed by atoms with Crippen LogP contribution in [0, 0.1) is 22.0 Å². The minimum absolute atomic E-state index is 0.00317. The maximum absolute atomic E-state index is 9.07. The average Bonchev–Trinajstić information content (AvgIpc) is 3.43. The Kier molecular flexibility index (Phi) is 5.67. The van der Waals surface area contributed by atoms with E-state index in [4.69, 9.17) is 22.6 Å². The summed E-state index contributed by atoms with van der Waals surface area (Å²) in [7, 11) is 0. The van der Waals surface area contributed by atoms with Gasteiger partial charge in [0.05, 0.1) is 25.2 Å². The maximum atomic E-state index is 9.07. The van der Waals surface area contributed by atoms with E-state index in [1.165, 1.54) is 18.4 Å². The fraction of sp³-hybridized carbons (Fsp3) is 0.526. The third-order valence-corrected chi connectivity index (χ3v) is 5.04. The molecule has 0 saturated heterocycles. The number of benzene rings is 1. The SMILES string of the molecule is CCN(CC(C)C#N)Cn1nc(C2CC2)n(Cc2ccccc2)c1=S. The van der Waals surface area contributed by atoms with E-state index in [1.54, 1.807) is 0 Å². The van der Waals surface area contributed by atoms with Gasteiger partial charge >= 0.3 is 0 Å². The second-order valence-electron chi connectivity index (χ2n) is 6.83. The van der Waals surface area contributed by atoms with E-state index in [0.29, 0.717) is 12.6 Å². The summed E-state index contributed by atoms with van der Waals surface area (Å²) in [6.07, 6.45) is 2.40. The molecule has 1 aromatic carbocycles. The molecule has 3 rings (SSSR count). The second-order valence-corrected chi connectivity index (χ2v) is 7.19. The second kappa shape index (κ2) is 7.94. The lowest BCUT2D eigenvalue weighted by Gasteiger charge is -2.21. The van der Waals surface area contributed by atoms with Gasteiger partial charge < -0.3 is 0 Å². The quantitative estimate of drug-likeness (QED) is 0.676. The van der Waals surface area contributed by atoms with Crippen LogP contribution < -0.4 is 0 Å². The Labute approximate surface area is 154 Å². The molecule has 0 spiro atoms. The zero-order chi connectivity index (χ0) is 17.8. The maximum Gasteiger partial charge on any atom is 0.199 e. The first-order valence-corrected chi connectivity index (χ1v) is 9.36. The van der Waals surface area contributed by atoms with E-state index >= 15 is 0 Å². The normalized spacial score (nSPS) is 15.3. The van der Waals surface area contributed by atoms with Crippen LogP contribution in [0.15, 0.2) is 30.3 Å². The van der Waals surface area contributed by atoms with Crippen molar-refractivity contribution in [2.24, 2.45) is 5.92 Å². The Hall–Kier alpha value is -1.97. The summed E-state index contributed by atoms with van der Waals surface area (Å²) in [5, 5.41) is 13.9. The largest absolute Gasteiger partial charge is 0.299 e. The van der Waals surface area contributed by atoms with E-state index in [0.717, 1.165) is 30.2 Å². The van der Waals surface area contributed by atoms with Gasteiger partial charge in [-0.15, -0.1) is 0 Å². The van der Waals surface area contributed by atoms with Gasteiger partial charge in [-0.25, -0.2) is 4.68 Å². The smallest absolute Gasteiger partial charge is 0.199 e. The van der Waals surface area contributed by atoms with Gasteiger partial charge in [-0.05, 0) is 44.1 Å². The molecule has 1 aromatic heterocycles. The summed E-state index contributed by atoms with van der Waals surface area (Å²) < 4.78 is 4.89. The number of nitrogens with zero attached hydrogens (tertiary/aromatic N) is 5. The Morgan fingerprint density at radius 1 is 1.36 bits per heavy atom. The minimum Gasteiger partial charge on any atom is -0.299 e. The van der Waals surface area contributed by atoms with Crippen LogP contribution >= 0.6 is 12.2 Å². The van der Waals surface area contributed by atoms with Crippen LogP contribution in [-0.4, -0.2) is 32.3 Å². The van der Waals surface area contributed by atoms with Crippen LogP contribution in [0.3, 0.4) is 0 Å². The molecule has 6 heteroatoms. The third kappa shape index (κ3) is 4.36. The monoisotopic (exact) mass is 355 g/mol. The topological polar surface area (TPSA) is 49.8 Å². The summed E-state index contributed by atoms with van der Waals surface area (Å²) in [6.45, 7) is 7.08. The highest BCUT2D eigenvalue weighted by atomic mass is 32.1. The number of hydrogen-bond acceptors (Lipinski definition) is 4. The highest BCUT2D eigenvalue weighted by Gasteiger charge is 2.30. The molecule has 1 unspecified atom stereocenters. The van der Waals surface area contributed by atoms with Gasteiger partial charge in [0.2, 0.25) is 0 Å². The molecule has 0 bridgehead atoms. The number of aromatic nitrogens is 3. The Balaban J connectivity index is 1.84. The number of nitriles is 1. The zero-order valence-corrected chi connectivity index (χ0v) is 15.7. The highest BCUT2D eigenvalue weighted by molar-refractivity contribution is 7.71. The summed E-state index contributed by atoms with van der Waals surface area (Å²) in [4.78, 5) is 2.22. The molecule has 0 N–H and O–H groups in total. The summed E-state index contributed by atoms with van der Waals surface area (Å²) in [6, 6.07) is 12.7. The molecule has 1 saturated carbocycles. The van der Waals surface area contributed by atoms with Crippen molar-refractivity contribution >= 4 is 12.2 Å². The van der Waals surface area contributed by atoms with Crippen molar-refractivity contribution in [2.45, 2.75) is 45.8 Å². The molecule has 0 aliphatic heterocycles.